The largest absolute Gasteiger partial charge is 0.489 e. The highest BCUT2D eigenvalue weighted by atomic mass is 16.5. The highest BCUT2D eigenvalue weighted by molar-refractivity contribution is 5.76. The van der Waals surface area contributed by atoms with Crippen molar-refractivity contribution < 1.29 is 14.6 Å². The van der Waals surface area contributed by atoms with Gasteiger partial charge in [0.25, 0.3) is 0 Å². The number of carbonyl (C=O) groups excluding carboxylic acids is 1. The van der Waals surface area contributed by atoms with E-state index in [0.717, 1.165) is 30.9 Å². The van der Waals surface area contributed by atoms with Gasteiger partial charge >= 0.3 is 0 Å². The minimum Gasteiger partial charge on any atom is -0.489 e. The zero-order chi connectivity index (χ0) is 24.4. The van der Waals surface area contributed by atoms with E-state index < -0.39 is 0 Å². The van der Waals surface area contributed by atoms with Crippen molar-refractivity contribution in [1.29, 1.82) is 0 Å². The lowest BCUT2D eigenvalue weighted by molar-refractivity contribution is -0.123. The third-order valence-corrected chi connectivity index (χ3v) is 9.59. The molecular formula is C31H41NO3. The Bertz CT molecular complexity index is 1040. The van der Waals surface area contributed by atoms with Gasteiger partial charge < -0.3 is 15.2 Å². The summed E-state index contributed by atoms with van der Waals surface area (Å²) in [6, 6.07) is 15.3. The van der Waals surface area contributed by atoms with Crippen LogP contribution in [-0.2, 0) is 24.2 Å². The van der Waals surface area contributed by atoms with Gasteiger partial charge in [-0.3, -0.25) is 4.79 Å². The maximum atomic E-state index is 12.4. The van der Waals surface area contributed by atoms with Gasteiger partial charge in [0.15, 0.2) is 0 Å². The van der Waals surface area contributed by atoms with Crippen molar-refractivity contribution in [3.05, 3.63) is 64.7 Å². The summed E-state index contributed by atoms with van der Waals surface area (Å²) in [5, 5.41) is 11.9. The van der Waals surface area contributed by atoms with Crippen LogP contribution in [0.4, 0.5) is 0 Å². The highest BCUT2D eigenvalue weighted by Crippen LogP contribution is 2.63. The van der Waals surface area contributed by atoms with E-state index >= 15 is 0 Å². The molecule has 2 saturated carbocycles. The monoisotopic (exact) mass is 475 g/mol. The fourth-order valence-electron chi connectivity index (χ4n) is 7.73. The molecule has 0 spiro atoms. The van der Waals surface area contributed by atoms with E-state index in [2.05, 4.69) is 55.6 Å². The number of aliphatic hydroxyl groups is 1. The molecule has 3 aliphatic carbocycles. The lowest BCUT2D eigenvalue weighted by Gasteiger charge is -2.51. The molecule has 1 amide bonds. The number of aryl methyl sites for hydroxylation is 2. The second-order valence-corrected chi connectivity index (χ2v) is 11.3. The number of rotatable bonds is 8. The normalized spacial score (nSPS) is 29.1. The SMILES string of the molecule is CCc1cc2c(cc1OCc1ccccc1)CCC1C2CC[C@@]2(C)C1CC[C@@H]2CC(=O)NCCO. The summed E-state index contributed by atoms with van der Waals surface area (Å²) in [5.41, 5.74) is 5.88. The van der Waals surface area contributed by atoms with Crippen molar-refractivity contribution in [1.82, 2.24) is 5.32 Å². The first-order valence-corrected chi connectivity index (χ1v) is 13.7. The first kappa shape index (κ1) is 24.4. The van der Waals surface area contributed by atoms with Crippen LogP contribution in [0.3, 0.4) is 0 Å². The van der Waals surface area contributed by atoms with Crippen LogP contribution in [-0.4, -0.2) is 24.2 Å². The molecule has 3 aliphatic rings. The Morgan fingerprint density at radius 2 is 1.97 bits per heavy atom. The summed E-state index contributed by atoms with van der Waals surface area (Å²) in [7, 11) is 0. The first-order chi connectivity index (χ1) is 17.0. The van der Waals surface area contributed by atoms with Crippen LogP contribution in [0.1, 0.15) is 80.5 Å². The van der Waals surface area contributed by atoms with Crippen molar-refractivity contribution in [3.8, 4) is 5.75 Å². The Labute approximate surface area is 210 Å². The fraction of sp³-hybridized carbons (Fsp3) is 0.581. The van der Waals surface area contributed by atoms with Gasteiger partial charge in [0.05, 0.1) is 6.61 Å². The molecule has 4 nitrogen and oxygen atoms in total. The highest BCUT2D eigenvalue weighted by Gasteiger charge is 2.54. The summed E-state index contributed by atoms with van der Waals surface area (Å²) < 4.78 is 6.33. The molecule has 5 atom stereocenters. The second-order valence-electron chi connectivity index (χ2n) is 11.3. The summed E-state index contributed by atoms with van der Waals surface area (Å²) in [6.45, 7) is 5.70. The maximum Gasteiger partial charge on any atom is 0.220 e. The Morgan fingerprint density at radius 1 is 1.14 bits per heavy atom. The number of hydrogen-bond donors (Lipinski definition) is 2. The van der Waals surface area contributed by atoms with E-state index in [9.17, 15) is 4.79 Å². The van der Waals surface area contributed by atoms with Crippen LogP contribution in [0.15, 0.2) is 42.5 Å². The molecule has 5 rings (SSSR count). The third kappa shape index (κ3) is 4.74. The fourth-order valence-corrected chi connectivity index (χ4v) is 7.73. The molecule has 2 fully saturated rings. The van der Waals surface area contributed by atoms with E-state index in [1.165, 1.54) is 42.4 Å². The Balaban J connectivity index is 1.32. The van der Waals surface area contributed by atoms with Crippen LogP contribution in [0, 0.1) is 23.2 Å². The molecule has 0 saturated heterocycles. The van der Waals surface area contributed by atoms with Gasteiger partial charge in [-0.2, -0.15) is 0 Å². The number of ether oxygens (including phenoxy) is 1. The molecular weight excluding hydrogens is 434 g/mol. The number of nitrogens with one attached hydrogen (secondary N) is 1. The second kappa shape index (κ2) is 10.3. The Kier molecular flexibility index (Phi) is 7.20. The summed E-state index contributed by atoms with van der Waals surface area (Å²) in [4.78, 5) is 12.4. The molecule has 188 valence electrons. The molecule has 35 heavy (non-hydrogen) atoms. The average Bonchev–Trinajstić information content (AvgIpc) is 3.21. The van der Waals surface area contributed by atoms with Gasteiger partial charge in [-0.05, 0) is 102 Å². The molecule has 0 aliphatic heterocycles. The number of aliphatic hydroxyl groups excluding tert-OH is 1. The van der Waals surface area contributed by atoms with Crippen molar-refractivity contribution in [2.75, 3.05) is 13.2 Å². The number of fused-ring (bicyclic) bond motifs is 5. The minimum atomic E-state index is 0.0121. The van der Waals surface area contributed by atoms with Crippen LogP contribution >= 0.6 is 0 Å². The summed E-state index contributed by atoms with van der Waals surface area (Å²) in [5.74, 6) is 3.72. The van der Waals surface area contributed by atoms with Gasteiger partial charge in [-0.25, -0.2) is 0 Å². The van der Waals surface area contributed by atoms with Gasteiger partial charge in [0.2, 0.25) is 5.91 Å². The minimum absolute atomic E-state index is 0.0121. The third-order valence-electron chi connectivity index (χ3n) is 9.59. The zero-order valence-corrected chi connectivity index (χ0v) is 21.4. The first-order valence-electron chi connectivity index (χ1n) is 13.7. The number of amides is 1. The van der Waals surface area contributed by atoms with Crippen molar-refractivity contribution in [3.63, 3.8) is 0 Å². The van der Waals surface area contributed by atoms with Crippen LogP contribution in [0.5, 0.6) is 5.75 Å². The van der Waals surface area contributed by atoms with Gasteiger partial charge in [-0.1, -0.05) is 50.2 Å². The van der Waals surface area contributed by atoms with Gasteiger partial charge in [0, 0.05) is 13.0 Å². The molecule has 2 aromatic rings. The summed E-state index contributed by atoms with van der Waals surface area (Å²) >= 11 is 0. The van der Waals surface area contributed by atoms with E-state index in [-0.39, 0.29) is 17.9 Å². The standard InChI is InChI=1S/C31H41NO3/c1-3-22-17-27-23(18-29(22)35-20-21-7-5-4-6-8-21)9-11-26-25(27)13-14-31(2)24(10-12-28(26)31)19-30(34)32-15-16-33/h4-8,17-18,24-26,28,33H,3,9-16,19-20H2,1-2H3,(H,32,34)/t24-,25?,26?,28?,31-/m1/s1. The molecule has 0 bridgehead atoms. The molecule has 4 heteroatoms. The zero-order valence-electron chi connectivity index (χ0n) is 21.4. The molecule has 3 unspecified atom stereocenters. The van der Waals surface area contributed by atoms with Crippen molar-refractivity contribution in [2.45, 2.75) is 77.7 Å². The maximum absolute atomic E-state index is 12.4. The van der Waals surface area contributed by atoms with Crippen molar-refractivity contribution in [2.24, 2.45) is 23.2 Å². The number of hydrogen-bond acceptors (Lipinski definition) is 3. The lowest BCUT2D eigenvalue weighted by atomic mass is 9.54. The van der Waals surface area contributed by atoms with Gasteiger partial charge in [-0.15, -0.1) is 0 Å². The van der Waals surface area contributed by atoms with Gasteiger partial charge in [0.1, 0.15) is 12.4 Å². The number of benzene rings is 2. The lowest BCUT2D eigenvalue weighted by Crippen LogP contribution is -2.43. The Hall–Kier alpha value is -2.33. The van der Waals surface area contributed by atoms with Crippen LogP contribution in [0.25, 0.3) is 0 Å². The molecule has 0 heterocycles. The number of carbonyl (C=O) groups is 1. The predicted molar refractivity (Wildman–Crippen MR) is 139 cm³/mol. The van der Waals surface area contributed by atoms with E-state index in [4.69, 9.17) is 9.84 Å². The topological polar surface area (TPSA) is 58.6 Å². The quantitative estimate of drug-likeness (QED) is 0.507. The van der Waals surface area contributed by atoms with Crippen LogP contribution < -0.4 is 10.1 Å². The molecule has 2 N–H and O–H groups in total. The van der Waals surface area contributed by atoms with E-state index in [0.29, 0.717) is 37.3 Å². The predicted octanol–water partition coefficient (Wildman–Crippen LogP) is 5.80. The van der Waals surface area contributed by atoms with E-state index in [1.54, 1.807) is 5.56 Å². The summed E-state index contributed by atoms with van der Waals surface area (Å²) in [6.07, 6.45) is 8.85. The smallest absolute Gasteiger partial charge is 0.220 e. The Morgan fingerprint density at radius 3 is 2.74 bits per heavy atom. The molecule has 0 radical (unpaired) electrons. The molecule has 2 aromatic carbocycles. The molecule has 0 aromatic heterocycles. The van der Waals surface area contributed by atoms with E-state index in [1.807, 2.05) is 6.07 Å². The van der Waals surface area contributed by atoms with Crippen molar-refractivity contribution >= 4 is 5.91 Å². The van der Waals surface area contributed by atoms with Crippen LogP contribution in [0.2, 0.25) is 0 Å². The average molecular weight is 476 g/mol.